The Kier molecular flexibility index (Phi) is 4.18. The molecule has 1 aliphatic carbocycles. The minimum Gasteiger partial charge on any atom is -0.293 e. The lowest BCUT2D eigenvalue weighted by Gasteiger charge is -2.28. The van der Waals surface area contributed by atoms with E-state index in [0.29, 0.717) is 16.9 Å². The van der Waals surface area contributed by atoms with Gasteiger partial charge in [0.15, 0.2) is 0 Å². The van der Waals surface area contributed by atoms with Crippen LogP contribution in [0.5, 0.6) is 0 Å². The summed E-state index contributed by atoms with van der Waals surface area (Å²) in [5.74, 6) is 1.78. The Morgan fingerprint density at radius 3 is 2.65 bits per heavy atom. The van der Waals surface area contributed by atoms with Crippen LogP contribution in [0.2, 0.25) is 10.3 Å². The molecule has 4 rings (SSSR count). The molecule has 2 aliphatic rings. The third kappa shape index (κ3) is 3.47. The van der Waals surface area contributed by atoms with Gasteiger partial charge in [-0.1, -0.05) is 23.2 Å². The van der Waals surface area contributed by atoms with Gasteiger partial charge in [0.1, 0.15) is 22.5 Å². The van der Waals surface area contributed by atoms with Crippen molar-refractivity contribution >= 4 is 23.2 Å². The molecule has 120 valence electrons. The zero-order valence-corrected chi connectivity index (χ0v) is 14.2. The SMILES string of the molecule is Clc1ncnc(Cl)c1CN1CCc2cnc(CC3CC3)nc2C1. The number of hydrogen-bond donors (Lipinski definition) is 0. The van der Waals surface area contributed by atoms with E-state index < -0.39 is 0 Å². The van der Waals surface area contributed by atoms with Gasteiger partial charge in [0, 0.05) is 37.8 Å². The van der Waals surface area contributed by atoms with Crippen LogP contribution in [0.25, 0.3) is 0 Å². The van der Waals surface area contributed by atoms with Crippen LogP contribution < -0.4 is 0 Å². The largest absolute Gasteiger partial charge is 0.293 e. The van der Waals surface area contributed by atoms with Crippen molar-refractivity contribution < 1.29 is 0 Å². The fourth-order valence-electron chi connectivity index (χ4n) is 2.94. The van der Waals surface area contributed by atoms with Crippen molar-refractivity contribution in [2.75, 3.05) is 6.54 Å². The van der Waals surface area contributed by atoms with Crippen LogP contribution in [0.15, 0.2) is 12.5 Å². The second-order valence-electron chi connectivity index (χ2n) is 6.30. The molecule has 0 saturated heterocycles. The lowest BCUT2D eigenvalue weighted by Crippen LogP contribution is -2.31. The quantitative estimate of drug-likeness (QED) is 0.794. The van der Waals surface area contributed by atoms with Crippen molar-refractivity contribution in [1.29, 1.82) is 0 Å². The van der Waals surface area contributed by atoms with Gasteiger partial charge in [0.2, 0.25) is 0 Å². The van der Waals surface area contributed by atoms with E-state index in [1.165, 1.54) is 24.7 Å². The third-order valence-electron chi connectivity index (χ3n) is 4.46. The lowest BCUT2D eigenvalue weighted by molar-refractivity contribution is 0.240. The predicted octanol–water partition coefficient (Wildman–Crippen LogP) is 3.08. The molecule has 2 aromatic heterocycles. The Hall–Kier alpha value is -1.30. The maximum absolute atomic E-state index is 6.15. The Labute approximate surface area is 145 Å². The van der Waals surface area contributed by atoms with Gasteiger partial charge in [-0.05, 0) is 30.7 Å². The van der Waals surface area contributed by atoms with E-state index in [4.69, 9.17) is 28.2 Å². The van der Waals surface area contributed by atoms with E-state index in [1.807, 2.05) is 6.20 Å². The van der Waals surface area contributed by atoms with Gasteiger partial charge in [-0.2, -0.15) is 0 Å². The van der Waals surface area contributed by atoms with Gasteiger partial charge in [0.05, 0.1) is 5.69 Å². The van der Waals surface area contributed by atoms with Gasteiger partial charge < -0.3 is 0 Å². The molecular formula is C16H17Cl2N5. The lowest BCUT2D eigenvalue weighted by atomic mass is 10.1. The number of rotatable bonds is 4. The number of halogens is 2. The molecule has 3 heterocycles. The highest BCUT2D eigenvalue weighted by atomic mass is 35.5. The minimum atomic E-state index is 0.424. The molecule has 1 fully saturated rings. The average Bonchev–Trinajstić information content (AvgIpc) is 3.35. The average molecular weight is 350 g/mol. The summed E-state index contributed by atoms with van der Waals surface area (Å²) in [7, 11) is 0. The second kappa shape index (κ2) is 6.30. The van der Waals surface area contributed by atoms with E-state index in [0.717, 1.165) is 48.9 Å². The van der Waals surface area contributed by atoms with E-state index >= 15 is 0 Å². The molecule has 7 heteroatoms. The maximum Gasteiger partial charge on any atom is 0.138 e. The summed E-state index contributed by atoms with van der Waals surface area (Å²) < 4.78 is 0. The van der Waals surface area contributed by atoms with Crippen LogP contribution in [0.4, 0.5) is 0 Å². The molecule has 23 heavy (non-hydrogen) atoms. The molecule has 0 amide bonds. The third-order valence-corrected chi connectivity index (χ3v) is 5.12. The van der Waals surface area contributed by atoms with Crippen molar-refractivity contribution in [1.82, 2.24) is 24.8 Å². The summed E-state index contributed by atoms with van der Waals surface area (Å²) >= 11 is 12.3. The number of fused-ring (bicyclic) bond motifs is 1. The Morgan fingerprint density at radius 2 is 1.91 bits per heavy atom. The smallest absolute Gasteiger partial charge is 0.138 e. The molecule has 1 saturated carbocycles. The highest BCUT2D eigenvalue weighted by Crippen LogP contribution is 2.32. The van der Waals surface area contributed by atoms with Gasteiger partial charge in [-0.25, -0.2) is 19.9 Å². The predicted molar refractivity (Wildman–Crippen MR) is 88.3 cm³/mol. The fraction of sp³-hybridized carbons (Fsp3) is 0.500. The monoisotopic (exact) mass is 349 g/mol. The normalized spacial score (nSPS) is 18.0. The molecular weight excluding hydrogens is 333 g/mol. The Bertz CT molecular complexity index is 712. The molecule has 0 radical (unpaired) electrons. The standard InChI is InChI=1S/C16H17Cl2N5/c17-15-12(16(18)21-9-20-15)7-23-4-3-11-6-19-14(5-10-1-2-10)22-13(11)8-23/h6,9-10H,1-5,7-8H2. The van der Waals surface area contributed by atoms with Crippen LogP contribution >= 0.6 is 23.2 Å². The zero-order valence-electron chi connectivity index (χ0n) is 12.7. The van der Waals surface area contributed by atoms with Crippen LogP contribution in [-0.4, -0.2) is 31.4 Å². The molecule has 0 bridgehead atoms. The maximum atomic E-state index is 6.15. The molecule has 5 nitrogen and oxygen atoms in total. The molecule has 0 N–H and O–H groups in total. The number of aromatic nitrogens is 4. The summed E-state index contributed by atoms with van der Waals surface area (Å²) in [6, 6.07) is 0. The topological polar surface area (TPSA) is 54.8 Å². The summed E-state index contributed by atoms with van der Waals surface area (Å²) in [5, 5.41) is 0.848. The minimum absolute atomic E-state index is 0.424. The van der Waals surface area contributed by atoms with Crippen molar-refractivity contribution in [3.05, 3.63) is 45.5 Å². The van der Waals surface area contributed by atoms with Crippen LogP contribution in [0.1, 0.15) is 35.5 Å². The molecule has 0 aromatic carbocycles. The first-order valence-electron chi connectivity index (χ1n) is 7.90. The molecule has 0 spiro atoms. The molecule has 0 unspecified atom stereocenters. The highest BCUT2D eigenvalue weighted by molar-refractivity contribution is 6.34. The first-order valence-corrected chi connectivity index (χ1v) is 8.65. The van der Waals surface area contributed by atoms with Crippen molar-refractivity contribution in [2.45, 2.75) is 38.8 Å². The first kappa shape index (κ1) is 15.2. The second-order valence-corrected chi connectivity index (χ2v) is 7.02. The fourth-order valence-corrected chi connectivity index (χ4v) is 3.37. The first-order chi connectivity index (χ1) is 11.2. The molecule has 1 aliphatic heterocycles. The van der Waals surface area contributed by atoms with Crippen LogP contribution in [-0.2, 0) is 25.9 Å². The number of hydrogen-bond acceptors (Lipinski definition) is 5. The summed E-state index contributed by atoms with van der Waals surface area (Å²) in [4.78, 5) is 19.6. The Morgan fingerprint density at radius 1 is 1.13 bits per heavy atom. The Balaban J connectivity index is 1.51. The summed E-state index contributed by atoms with van der Waals surface area (Å²) in [6.45, 7) is 2.36. The van der Waals surface area contributed by atoms with Crippen LogP contribution in [0, 0.1) is 5.92 Å². The van der Waals surface area contributed by atoms with Gasteiger partial charge in [0.25, 0.3) is 0 Å². The van der Waals surface area contributed by atoms with E-state index in [2.05, 4.69) is 19.9 Å². The van der Waals surface area contributed by atoms with Gasteiger partial charge in [-0.15, -0.1) is 0 Å². The van der Waals surface area contributed by atoms with Gasteiger partial charge >= 0.3 is 0 Å². The van der Waals surface area contributed by atoms with Gasteiger partial charge in [-0.3, -0.25) is 4.90 Å². The summed E-state index contributed by atoms with van der Waals surface area (Å²) in [6.07, 6.45) is 7.98. The highest BCUT2D eigenvalue weighted by Gasteiger charge is 2.25. The van der Waals surface area contributed by atoms with E-state index in [9.17, 15) is 0 Å². The van der Waals surface area contributed by atoms with E-state index in [-0.39, 0.29) is 0 Å². The van der Waals surface area contributed by atoms with Crippen molar-refractivity contribution in [3.8, 4) is 0 Å². The summed E-state index contributed by atoms with van der Waals surface area (Å²) in [5.41, 5.74) is 3.17. The number of nitrogens with zero attached hydrogens (tertiary/aromatic N) is 5. The zero-order chi connectivity index (χ0) is 15.8. The van der Waals surface area contributed by atoms with Crippen molar-refractivity contribution in [3.63, 3.8) is 0 Å². The van der Waals surface area contributed by atoms with Crippen LogP contribution in [0.3, 0.4) is 0 Å². The molecule has 0 atom stereocenters. The van der Waals surface area contributed by atoms with Crippen molar-refractivity contribution in [2.24, 2.45) is 5.92 Å². The molecule has 2 aromatic rings. The van der Waals surface area contributed by atoms with E-state index in [1.54, 1.807) is 0 Å².